The molecule has 0 radical (unpaired) electrons. The lowest BCUT2D eigenvalue weighted by Crippen LogP contribution is -2.57. The summed E-state index contributed by atoms with van der Waals surface area (Å²) in [5.41, 5.74) is -0.332. The predicted molar refractivity (Wildman–Crippen MR) is 87.3 cm³/mol. The average molecular weight is 298 g/mol. The molecule has 0 N–H and O–H groups in total. The molecular formula is C17H34N2O2. The highest BCUT2D eigenvalue weighted by molar-refractivity contribution is 5.81. The largest absolute Gasteiger partial charge is 0.378 e. The number of nitrogens with zero attached hydrogens (tertiary/aromatic N) is 2. The maximum absolute atomic E-state index is 12.5. The Morgan fingerprint density at radius 3 is 2.48 bits per heavy atom. The molecule has 1 aliphatic heterocycles. The minimum absolute atomic E-state index is 0.113. The van der Waals surface area contributed by atoms with Gasteiger partial charge in [0, 0.05) is 32.7 Å². The van der Waals surface area contributed by atoms with Gasteiger partial charge >= 0.3 is 0 Å². The zero-order chi connectivity index (χ0) is 16.2. The van der Waals surface area contributed by atoms with E-state index in [1.807, 2.05) is 32.7 Å². The van der Waals surface area contributed by atoms with Gasteiger partial charge in [-0.2, -0.15) is 0 Å². The summed E-state index contributed by atoms with van der Waals surface area (Å²) in [6.45, 7) is 13.6. The highest BCUT2D eigenvalue weighted by atomic mass is 16.5. The standard InChI is InChI=1S/C17H34N2O2/c1-13(2)8-10-19-11-9-14(15(12-19)21-7)18(6)16(20)17(3,4)5/h13-15H,8-12H2,1-7H3/t14-,15+/m0/s1. The molecule has 0 spiro atoms. The van der Waals surface area contributed by atoms with Crippen LogP contribution < -0.4 is 0 Å². The van der Waals surface area contributed by atoms with Gasteiger partial charge in [-0.3, -0.25) is 4.79 Å². The van der Waals surface area contributed by atoms with Crippen LogP contribution in [0.25, 0.3) is 0 Å². The van der Waals surface area contributed by atoms with Crippen molar-refractivity contribution in [3.8, 4) is 0 Å². The highest BCUT2D eigenvalue weighted by Gasteiger charge is 2.36. The molecule has 0 aliphatic carbocycles. The first-order valence-electron chi connectivity index (χ1n) is 8.19. The van der Waals surface area contributed by atoms with Crippen molar-refractivity contribution in [2.75, 3.05) is 33.8 Å². The van der Waals surface area contributed by atoms with Crippen LogP contribution in [0.5, 0.6) is 0 Å². The lowest BCUT2D eigenvalue weighted by atomic mass is 9.92. The van der Waals surface area contributed by atoms with Gasteiger partial charge in [-0.15, -0.1) is 0 Å². The van der Waals surface area contributed by atoms with Gasteiger partial charge in [0.1, 0.15) is 0 Å². The third-order valence-corrected chi connectivity index (χ3v) is 4.39. The maximum Gasteiger partial charge on any atom is 0.228 e. The monoisotopic (exact) mass is 298 g/mol. The van der Waals surface area contributed by atoms with E-state index in [2.05, 4.69) is 18.7 Å². The Kier molecular flexibility index (Phi) is 6.67. The van der Waals surface area contributed by atoms with Crippen LogP contribution >= 0.6 is 0 Å². The molecule has 0 aromatic carbocycles. The minimum Gasteiger partial charge on any atom is -0.378 e. The highest BCUT2D eigenvalue weighted by Crippen LogP contribution is 2.24. The van der Waals surface area contributed by atoms with Crippen molar-refractivity contribution in [1.82, 2.24) is 9.80 Å². The number of piperidine rings is 1. The van der Waals surface area contributed by atoms with Crippen LogP contribution in [-0.2, 0) is 9.53 Å². The molecule has 124 valence electrons. The van der Waals surface area contributed by atoms with E-state index in [1.165, 1.54) is 6.42 Å². The molecule has 4 nitrogen and oxygen atoms in total. The van der Waals surface area contributed by atoms with Crippen LogP contribution in [0.1, 0.15) is 47.5 Å². The number of methoxy groups -OCH3 is 1. The Morgan fingerprint density at radius 1 is 1.38 bits per heavy atom. The molecule has 1 heterocycles. The smallest absolute Gasteiger partial charge is 0.228 e. The number of hydrogen-bond acceptors (Lipinski definition) is 3. The van der Waals surface area contributed by atoms with E-state index in [1.54, 1.807) is 7.11 Å². The van der Waals surface area contributed by atoms with Crippen LogP contribution in [0.15, 0.2) is 0 Å². The van der Waals surface area contributed by atoms with Gasteiger partial charge in [-0.25, -0.2) is 0 Å². The Hall–Kier alpha value is -0.610. The van der Waals surface area contributed by atoms with Crippen LogP contribution in [0.4, 0.5) is 0 Å². The second-order valence-electron chi connectivity index (χ2n) is 7.78. The summed E-state index contributed by atoms with van der Waals surface area (Å²) in [6.07, 6.45) is 2.33. The number of likely N-dealkylation sites (N-methyl/N-ethyl adjacent to an activating group) is 1. The van der Waals surface area contributed by atoms with Gasteiger partial charge < -0.3 is 14.5 Å². The first-order valence-corrected chi connectivity index (χ1v) is 8.19. The zero-order valence-electron chi connectivity index (χ0n) is 15.0. The Bertz CT molecular complexity index is 336. The van der Waals surface area contributed by atoms with Crippen molar-refractivity contribution in [3.05, 3.63) is 0 Å². The number of rotatable bonds is 5. The van der Waals surface area contributed by atoms with Gasteiger partial charge in [0.15, 0.2) is 0 Å². The summed E-state index contributed by atoms with van der Waals surface area (Å²) in [5.74, 6) is 0.930. The van der Waals surface area contributed by atoms with E-state index < -0.39 is 0 Å². The molecule has 1 aliphatic rings. The van der Waals surface area contributed by atoms with Crippen LogP contribution in [-0.4, -0.2) is 61.6 Å². The Morgan fingerprint density at radius 2 is 2.00 bits per heavy atom. The molecule has 0 bridgehead atoms. The van der Waals surface area contributed by atoms with Gasteiger partial charge in [0.05, 0.1) is 12.1 Å². The third kappa shape index (κ3) is 5.26. The molecule has 0 aromatic heterocycles. The minimum atomic E-state index is -0.332. The number of ether oxygens (including phenoxy) is 1. The fourth-order valence-corrected chi connectivity index (χ4v) is 2.97. The summed E-state index contributed by atoms with van der Waals surface area (Å²) in [7, 11) is 3.69. The Labute approximate surface area is 130 Å². The molecule has 1 rings (SSSR count). The maximum atomic E-state index is 12.5. The molecule has 0 aromatic rings. The number of carbonyl (C=O) groups excluding carboxylic acids is 1. The first kappa shape index (κ1) is 18.4. The fraction of sp³-hybridized carbons (Fsp3) is 0.941. The molecule has 0 unspecified atom stereocenters. The van der Waals surface area contributed by atoms with Gasteiger partial charge in [-0.05, 0) is 25.3 Å². The fourth-order valence-electron chi connectivity index (χ4n) is 2.97. The molecule has 1 fully saturated rings. The third-order valence-electron chi connectivity index (χ3n) is 4.39. The van der Waals surface area contributed by atoms with Crippen molar-refractivity contribution in [3.63, 3.8) is 0 Å². The van der Waals surface area contributed by atoms with Crippen LogP contribution in [0.2, 0.25) is 0 Å². The van der Waals surface area contributed by atoms with Crippen molar-refractivity contribution >= 4 is 5.91 Å². The van der Waals surface area contributed by atoms with Crippen LogP contribution in [0, 0.1) is 11.3 Å². The lowest BCUT2D eigenvalue weighted by molar-refractivity contribution is -0.145. The van der Waals surface area contributed by atoms with E-state index in [0.29, 0.717) is 0 Å². The summed E-state index contributed by atoms with van der Waals surface area (Å²) in [5, 5.41) is 0. The van der Waals surface area contributed by atoms with Gasteiger partial charge in [-0.1, -0.05) is 34.6 Å². The SMILES string of the molecule is CO[C@@H]1CN(CCC(C)C)CC[C@@H]1N(C)C(=O)C(C)(C)C. The Balaban J connectivity index is 2.63. The summed E-state index contributed by atoms with van der Waals surface area (Å²) < 4.78 is 5.69. The molecule has 2 atom stereocenters. The topological polar surface area (TPSA) is 32.8 Å². The molecule has 1 amide bonds. The summed E-state index contributed by atoms with van der Waals surface area (Å²) in [6, 6.07) is 0.192. The van der Waals surface area contributed by atoms with Gasteiger partial charge in [0.2, 0.25) is 5.91 Å². The van der Waals surface area contributed by atoms with Gasteiger partial charge in [0.25, 0.3) is 0 Å². The van der Waals surface area contributed by atoms with Crippen LogP contribution in [0.3, 0.4) is 0 Å². The molecule has 1 saturated heterocycles. The van der Waals surface area contributed by atoms with E-state index >= 15 is 0 Å². The zero-order valence-corrected chi connectivity index (χ0v) is 15.0. The lowest BCUT2D eigenvalue weighted by Gasteiger charge is -2.43. The van der Waals surface area contributed by atoms with Crippen molar-refractivity contribution in [1.29, 1.82) is 0 Å². The number of likely N-dealkylation sites (tertiary alicyclic amines) is 1. The van der Waals surface area contributed by atoms with E-state index in [-0.39, 0.29) is 23.5 Å². The second kappa shape index (κ2) is 7.59. The molecule has 4 heteroatoms. The quantitative estimate of drug-likeness (QED) is 0.782. The first-order chi connectivity index (χ1) is 9.66. The summed E-state index contributed by atoms with van der Waals surface area (Å²) in [4.78, 5) is 16.9. The van der Waals surface area contributed by atoms with Crippen molar-refractivity contribution in [2.24, 2.45) is 11.3 Å². The van der Waals surface area contributed by atoms with E-state index in [9.17, 15) is 4.79 Å². The van der Waals surface area contributed by atoms with Crippen molar-refractivity contribution in [2.45, 2.75) is 59.6 Å². The number of amides is 1. The van der Waals surface area contributed by atoms with Crippen molar-refractivity contribution < 1.29 is 9.53 Å². The normalized spacial score (nSPS) is 24.4. The van der Waals surface area contributed by atoms with E-state index in [0.717, 1.165) is 32.0 Å². The number of carbonyl (C=O) groups is 1. The predicted octanol–water partition coefficient (Wildman–Crippen LogP) is 2.63. The molecule has 0 saturated carbocycles. The molecular weight excluding hydrogens is 264 g/mol. The van der Waals surface area contributed by atoms with E-state index in [4.69, 9.17) is 4.74 Å². The molecule has 21 heavy (non-hydrogen) atoms. The second-order valence-corrected chi connectivity index (χ2v) is 7.78. The summed E-state index contributed by atoms with van der Waals surface area (Å²) >= 11 is 0. The average Bonchev–Trinajstić information content (AvgIpc) is 2.42. The number of hydrogen-bond donors (Lipinski definition) is 0.